The van der Waals surface area contributed by atoms with Crippen molar-refractivity contribution in [2.24, 2.45) is 0 Å². The Hall–Kier alpha value is -3.00. The van der Waals surface area contributed by atoms with Gasteiger partial charge in [-0.05, 0) is 37.6 Å². The molecule has 0 bridgehead atoms. The largest absolute Gasteiger partial charge is 0.416 e. The maximum atomic E-state index is 13.2. The zero-order chi connectivity index (χ0) is 21.8. The standard InChI is InChI=1S/C23H24F3N5/c1-27-22-18(6-3-9-30-22)15-31-12-4-7-17(14-31)21-20(28-10-11-29-21)16-5-2-8-19(13-16)23(24,25)26/h2-3,5-6,8-11,13,17H,4,7,12,14-15H2,1H3,(H,27,30)/t17-/m0/s1. The highest BCUT2D eigenvalue weighted by Crippen LogP contribution is 2.35. The number of piperidine rings is 1. The van der Waals surface area contributed by atoms with E-state index in [2.05, 4.69) is 31.2 Å². The molecule has 162 valence electrons. The maximum Gasteiger partial charge on any atom is 0.416 e. The first kappa shape index (κ1) is 21.2. The first-order valence-electron chi connectivity index (χ1n) is 10.3. The van der Waals surface area contributed by atoms with E-state index in [-0.39, 0.29) is 5.92 Å². The lowest BCUT2D eigenvalue weighted by atomic mass is 9.91. The Balaban J connectivity index is 1.59. The topological polar surface area (TPSA) is 53.9 Å². The van der Waals surface area contributed by atoms with Gasteiger partial charge >= 0.3 is 6.18 Å². The van der Waals surface area contributed by atoms with Crippen LogP contribution in [0.3, 0.4) is 0 Å². The number of pyridine rings is 1. The summed E-state index contributed by atoms with van der Waals surface area (Å²) in [6.07, 6.45) is 2.43. The molecule has 1 fully saturated rings. The summed E-state index contributed by atoms with van der Waals surface area (Å²) in [4.78, 5) is 15.7. The third kappa shape index (κ3) is 4.85. The van der Waals surface area contributed by atoms with Crippen molar-refractivity contribution < 1.29 is 13.2 Å². The summed E-state index contributed by atoms with van der Waals surface area (Å²) in [5.41, 5.74) is 2.16. The van der Waals surface area contributed by atoms with Crippen LogP contribution in [0.1, 0.15) is 35.6 Å². The zero-order valence-corrected chi connectivity index (χ0v) is 17.2. The van der Waals surface area contributed by atoms with E-state index in [4.69, 9.17) is 0 Å². The van der Waals surface area contributed by atoms with Gasteiger partial charge in [0.15, 0.2) is 0 Å². The monoisotopic (exact) mass is 427 g/mol. The fraction of sp³-hybridized carbons (Fsp3) is 0.348. The second-order valence-corrected chi connectivity index (χ2v) is 7.70. The molecule has 0 amide bonds. The second-order valence-electron chi connectivity index (χ2n) is 7.70. The summed E-state index contributed by atoms with van der Waals surface area (Å²) in [5.74, 6) is 0.954. The van der Waals surface area contributed by atoms with Gasteiger partial charge in [0, 0.05) is 55.8 Å². The number of rotatable bonds is 5. The number of halogens is 3. The lowest BCUT2D eigenvalue weighted by molar-refractivity contribution is -0.137. The summed E-state index contributed by atoms with van der Waals surface area (Å²) >= 11 is 0. The smallest absolute Gasteiger partial charge is 0.373 e. The lowest BCUT2D eigenvalue weighted by Gasteiger charge is -2.33. The molecule has 1 saturated heterocycles. The van der Waals surface area contributed by atoms with Crippen LogP contribution in [0.15, 0.2) is 55.0 Å². The SMILES string of the molecule is CNc1ncccc1CN1CCC[C@H](c2nccnc2-c2cccc(C(F)(F)F)c2)C1. The molecule has 1 aliphatic rings. The lowest BCUT2D eigenvalue weighted by Crippen LogP contribution is -2.34. The Morgan fingerprint density at radius 1 is 1.06 bits per heavy atom. The van der Waals surface area contributed by atoms with Crippen molar-refractivity contribution in [3.05, 3.63) is 71.8 Å². The Morgan fingerprint density at radius 3 is 2.71 bits per heavy atom. The Bertz CT molecular complexity index is 1040. The molecule has 1 N–H and O–H groups in total. The first-order chi connectivity index (χ1) is 15.0. The summed E-state index contributed by atoms with van der Waals surface area (Å²) in [7, 11) is 1.85. The number of anilines is 1. The van der Waals surface area contributed by atoms with E-state index in [9.17, 15) is 13.2 Å². The number of hydrogen-bond donors (Lipinski definition) is 1. The number of alkyl halides is 3. The van der Waals surface area contributed by atoms with Gasteiger partial charge in [0.05, 0.1) is 17.0 Å². The van der Waals surface area contributed by atoms with E-state index < -0.39 is 11.7 Å². The molecule has 0 saturated carbocycles. The van der Waals surface area contributed by atoms with Crippen LogP contribution in [0, 0.1) is 0 Å². The number of likely N-dealkylation sites (tertiary alicyclic amines) is 1. The van der Waals surface area contributed by atoms with Gasteiger partial charge in [0.1, 0.15) is 5.82 Å². The van der Waals surface area contributed by atoms with Crippen LogP contribution in [-0.2, 0) is 12.7 Å². The minimum atomic E-state index is -4.39. The van der Waals surface area contributed by atoms with Gasteiger partial charge in [-0.25, -0.2) is 4.98 Å². The molecule has 2 aromatic heterocycles. The van der Waals surface area contributed by atoms with E-state index in [0.717, 1.165) is 61.7 Å². The quantitative estimate of drug-likeness (QED) is 0.623. The van der Waals surface area contributed by atoms with Gasteiger partial charge in [-0.1, -0.05) is 18.2 Å². The summed E-state index contributed by atoms with van der Waals surface area (Å²) in [6.45, 7) is 2.47. The van der Waals surface area contributed by atoms with Crippen LogP contribution >= 0.6 is 0 Å². The van der Waals surface area contributed by atoms with Gasteiger partial charge < -0.3 is 5.32 Å². The highest BCUT2D eigenvalue weighted by molar-refractivity contribution is 5.63. The minimum Gasteiger partial charge on any atom is -0.373 e. The van der Waals surface area contributed by atoms with Crippen molar-refractivity contribution in [2.75, 3.05) is 25.5 Å². The van der Waals surface area contributed by atoms with Crippen molar-refractivity contribution in [1.29, 1.82) is 0 Å². The average molecular weight is 427 g/mol. The van der Waals surface area contributed by atoms with Gasteiger partial charge in [-0.2, -0.15) is 13.2 Å². The molecule has 1 atom stereocenters. The van der Waals surface area contributed by atoms with Crippen molar-refractivity contribution in [1.82, 2.24) is 19.9 Å². The van der Waals surface area contributed by atoms with Crippen LogP contribution < -0.4 is 5.32 Å². The van der Waals surface area contributed by atoms with Crippen LogP contribution in [-0.4, -0.2) is 40.0 Å². The van der Waals surface area contributed by atoms with E-state index >= 15 is 0 Å². The number of aromatic nitrogens is 3. The molecule has 0 spiro atoms. The average Bonchev–Trinajstić information content (AvgIpc) is 2.79. The molecule has 4 rings (SSSR count). The van der Waals surface area contributed by atoms with Gasteiger partial charge in [-0.15, -0.1) is 0 Å². The fourth-order valence-corrected chi connectivity index (χ4v) is 4.17. The molecule has 5 nitrogen and oxygen atoms in total. The van der Waals surface area contributed by atoms with Gasteiger partial charge in [0.2, 0.25) is 0 Å². The molecular formula is C23H24F3N5. The van der Waals surface area contributed by atoms with Crippen LogP contribution in [0.5, 0.6) is 0 Å². The predicted molar refractivity (Wildman–Crippen MR) is 114 cm³/mol. The predicted octanol–water partition coefficient (Wildman–Crippen LogP) is 4.98. The van der Waals surface area contributed by atoms with Crippen molar-refractivity contribution in [2.45, 2.75) is 31.5 Å². The van der Waals surface area contributed by atoms with Crippen molar-refractivity contribution >= 4 is 5.82 Å². The second kappa shape index (κ2) is 9.01. The number of hydrogen-bond acceptors (Lipinski definition) is 5. The third-order valence-electron chi connectivity index (χ3n) is 5.60. The molecule has 31 heavy (non-hydrogen) atoms. The molecule has 1 aromatic carbocycles. The molecule has 8 heteroatoms. The number of nitrogens with one attached hydrogen (secondary N) is 1. The molecule has 0 aliphatic carbocycles. The van der Waals surface area contributed by atoms with E-state index in [1.807, 2.05) is 13.1 Å². The van der Waals surface area contributed by atoms with Crippen LogP contribution in [0.4, 0.5) is 19.0 Å². The van der Waals surface area contributed by atoms with E-state index in [0.29, 0.717) is 11.3 Å². The maximum absolute atomic E-state index is 13.2. The van der Waals surface area contributed by atoms with E-state index in [1.54, 1.807) is 18.5 Å². The van der Waals surface area contributed by atoms with E-state index in [1.165, 1.54) is 12.3 Å². The van der Waals surface area contributed by atoms with Crippen molar-refractivity contribution in [3.63, 3.8) is 0 Å². The summed E-state index contributed by atoms with van der Waals surface area (Å²) < 4.78 is 39.6. The normalized spacial score (nSPS) is 17.5. The highest BCUT2D eigenvalue weighted by Gasteiger charge is 2.31. The first-order valence-corrected chi connectivity index (χ1v) is 10.3. The molecule has 3 aromatic rings. The van der Waals surface area contributed by atoms with Gasteiger partial charge in [0.25, 0.3) is 0 Å². The third-order valence-corrected chi connectivity index (χ3v) is 5.60. The number of nitrogens with zero attached hydrogens (tertiary/aromatic N) is 4. The molecule has 3 heterocycles. The van der Waals surface area contributed by atoms with Crippen molar-refractivity contribution in [3.8, 4) is 11.3 Å². The fourth-order valence-electron chi connectivity index (χ4n) is 4.17. The van der Waals surface area contributed by atoms with Crippen LogP contribution in [0.25, 0.3) is 11.3 Å². The van der Waals surface area contributed by atoms with Crippen LogP contribution in [0.2, 0.25) is 0 Å². The highest BCUT2D eigenvalue weighted by atomic mass is 19.4. The summed E-state index contributed by atoms with van der Waals surface area (Å²) in [6, 6.07) is 9.30. The molecule has 1 aliphatic heterocycles. The summed E-state index contributed by atoms with van der Waals surface area (Å²) in [5, 5.41) is 3.12. The Morgan fingerprint density at radius 2 is 1.90 bits per heavy atom. The number of benzene rings is 1. The molecule has 0 unspecified atom stereocenters. The Labute approximate surface area is 179 Å². The minimum absolute atomic E-state index is 0.0988. The van der Waals surface area contributed by atoms with Gasteiger partial charge in [-0.3, -0.25) is 14.9 Å². The molecular weight excluding hydrogens is 403 g/mol. The zero-order valence-electron chi connectivity index (χ0n) is 17.2. The Kier molecular flexibility index (Phi) is 6.18. The molecule has 0 radical (unpaired) electrons.